The Morgan fingerprint density at radius 2 is 2.14 bits per heavy atom. The average Bonchev–Trinajstić information content (AvgIpc) is 3.05. The zero-order valence-corrected chi connectivity index (χ0v) is 17.1. The molecule has 2 heterocycles. The maximum absolute atomic E-state index is 12.8. The van der Waals surface area contributed by atoms with Crippen LogP contribution in [0.2, 0.25) is 0 Å². The van der Waals surface area contributed by atoms with Crippen LogP contribution in [-0.2, 0) is 22.5 Å². The molecule has 0 fully saturated rings. The van der Waals surface area contributed by atoms with E-state index in [4.69, 9.17) is 4.74 Å². The van der Waals surface area contributed by atoms with Gasteiger partial charge in [-0.05, 0) is 43.5 Å². The first-order valence-electron chi connectivity index (χ1n) is 9.36. The monoisotopic (exact) mass is 397 g/mol. The molecule has 1 aromatic heterocycles. The van der Waals surface area contributed by atoms with Gasteiger partial charge in [0.25, 0.3) is 0 Å². The zero-order valence-electron chi connectivity index (χ0n) is 16.3. The summed E-state index contributed by atoms with van der Waals surface area (Å²) in [6.07, 6.45) is 0.563. The van der Waals surface area contributed by atoms with E-state index < -0.39 is 0 Å². The molecule has 28 heavy (non-hydrogen) atoms. The second kappa shape index (κ2) is 8.44. The lowest BCUT2D eigenvalue weighted by atomic mass is 10.0. The maximum atomic E-state index is 12.8. The quantitative estimate of drug-likeness (QED) is 0.760. The molecule has 0 saturated heterocycles. The lowest BCUT2D eigenvalue weighted by Gasteiger charge is -2.25. The standard InChI is InChI=1S/C21H23N3O3S/c1-4-19(25)24(15-8-6-7-14(3)11-15)20-17(12-22)16-9-10-23(13-18(16)28-20)21(26)27-5-2/h6-8,11H,4-5,9-10,13H2,1-3H3. The highest BCUT2D eigenvalue weighted by molar-refractivity contribution is 7.16. The largest absolute Gasteiger partial charge is 0.450 e. The van der Waals surface area contributed by atoms with Crippen LogP contribution in [0.15, 0.2) is 24.3 Å². The first kappa shape index (κ1) is 19.9. The molecule has 1 aliphatic rings. The van der Waals surface area contributed by atoms with E-state index in [0.29, 0.717) is 43.1 Å². The predicted molar refractivity (Wildman–Crippen MR) is 109 cm³/mol. The smallest absolute Gasteiger partial charge is 0.410 e. The number of rotatable bonds is 4. The highest BCUT2D eigenvalue weighted by Crippen LogP contribution is 2.42. The second-order valence-corrected chi connectivity index (χ2v) is 7.67. The predicted octanol–water partition coefficient (Wildman–Crippen LogP) is 4.52. The third-order valence-electron chi connectivity index (χ3n) is 4.69. The van der Waals surface area contributed by atoms with E-state index in [0.717, 1.165) is 21.7 Å². The Bertz CT molecular complexity index is 945. The Morgan fingerprint density at radius 3 is 2.79 bits per heavy atom. The lowest BCUT2D eigenvalue weighted by Crippen LogP contribution is -2.35. The highest BCUT2D eigenvalue weighted by atomic mass is 32.1. The van der Waals surface area contributed by atoms with E-state index in [1.165, 1.54) is 11.3 Å². The van der Waals surface area contributed by atoms with Crippen LogP contribution in [0.5, 0.6) is 0 Å². The molecule has 0 unspecified atom stereocenters. The van der Waals surface area contributed by atoms with Crippen molar-refractivity contribution in [2.24, 2.45) is 0 Å². The van der Waals surface area contributed by atoms with E-state index in [1.54, 1.807) is 16.7 Å². The minimum atomic E-state index is -0.346. The molecule has 2 aromatic rings. The van der Waals surface area contributed by atoms with Crippen LogP contribution < -0.4 is 4.90 Å². The molecule has 0 saturated carbocycles. The molecule has 146 valence electrons. The number of benzene rings is 1. The van der Waals surface area contributed by atoms with Gasteiger partial charge in [-0.25, -0.2) is 4.79 Å². The second-order valence-electron chi connectivity index (χ2n) is 6.59. The van der Waals surface area contributed by atoms with Crippen LogP contribution in [0, 0.1) is 18.3 Å². The van der Waals surface area contributed by atoms with Gasteiger partial charge in [0, 0.05) is 23.5 Å². The minimum absolute atomic E-state index is 0.0667. The summed E-state index contributed by atoms with van der Waals surface area (Å²) in [6.45, 7) is 6.79. The van der Waals surface area contributed by atoms with Crippen LogP contribution in [0.4, 0.5) is 15.5 Å². The van der Waals surface area contributed by atoms with Crippen molar-refractivity contribution in [3.63, 3.8) is 0 Å². The molecule has 0 atom stereocenters. The Labute approximate surface area is 168 Å². The van der Waals surface area contributed by atoms with Gasteiger partial charge in [-0.2, -0.15) is 5.26 Å². The first-order chi connectivity index (χ1) is 13.5. The number of fused-ring (bicyclic) bond motifs is 1. The van der Waals surface area contributed by atoms with E-state index in [1.807, 2.05) is 38.1 Å². The molecular weight excluding hydrogens is 374 g/mol. The van der Waals surface area contributed by atoms with Gasteiger partial charge in [0.05, 0.1) is 18.7 Å². The number of hydrogen-bond acceptors (Lipinski definition) is 5. The zero-order chi connectivity index (χ0) is 20.3. The summed E-state index contributed by atoms with van der Waals surface area (Å²) in [7, 11) is 0. The van der Waals surface area contributed by atoms with Crippen LogP contribution in [0.3, 0.4) is 0 Å². The number of carbonyl (C=O) groups excluding carboxylic acids is 2. The van der Waals surface area contributed by atoms with Crippen molar-refractivity contribution >= 4 is 34.0 Å². The number of anilines is 2. The fourth-order valence-electron chi connectivity index (χ4n) is 3.33. The van der Waals surface area contributed by atoms with Gasteiger partial charge in [-0.1, -0.05) is 19.1 Å². The number of nitrogens with zero attached hydrogens (tertiary/aromatic N) is 3. The van der Waals surface area contributed by atoms with Gasteiger partial charge in [-0.15, -0.1) is 11.3 Å². The van der Waals surface area contributed by atoms with E-state index in [-0.39, 0.29) is 12.0 Å². The Morgan fingerprint density at radius 1 is 1.36 bits per heavy atom. The SMILES string of the molecule is CCOC(=O)N1CCc2c(sc(N(C(=O)CC)c3cccc(C)c3)c2C#N)C1. The summed E-state index contributed by atoms with van der Waals surface area (Å²) in [6, 6.07) is 10.00. The molecule has 0 spiro atoms. The topological polar surface area (TPSA) is 73.6 Å². The molecule has 2 amide bonds. The van der Waals surface area contributed by atoms with Crippen molar-refractivity contribution in [3.05, 3.63) is 45.8 Å². The van der Waals surface area contributed by atoms with Gasteiger partial charge >= 0.3 is 6.09 Å². The summed E-state index contributed by atoms with van der Waals surface area (Å²) in [4.78, 5) is 29.1. The summed E-state index contributed by atoms with van der Waals surface area (Å²) >= 11 is 1.41. The van der Waals surface area contributed by atoms with Gasteiger partial charge < -0.3 is 9.64 Å². The van der Waals surface area contributed by atoms with Crippen molar-refractivity contribution in [2.75, 3.05) is 18.1 Å². The Hall–Kier alpha value is -2.85. The van der Waals surface area contributed by atoms with Crippen molar-refractivity contribution < 1.29 is 14.3 Å². The molecule has 0 aliphatic carbocycles. The highest BCUT2D eigenvalue weighted by Gasteiger charge is 2.31. The van der Waals surface area contributed by atoms with E-state index >= 15 is 0 Å². The molecule has 0 N–H and O–H groups in total. The number of nitriles is 1. The van der Waals surface area contributed by atoms with Crippen molar-refractivity contribution in [1.29, 1.82) is 5.26 Å². The van der Waals surface area contributed by atoms with Gasteiger partial charge in [0.2, 0.25) is 5.91 Å². The number of ether oxygens (including phenoxy) is 1. The third-order valence-corrected chi connectivity index (χ3v) is 5.89. The normalized spacial score (nSPS) is 12.9. The summed E-state index contributed by atoms with van der Waals surface area (Å²) in [5.41, 5.74) is 3.26. The fourth-order valence-corrected chi connectivity index (χ4v) is 4.68. The molecule has 3 rings (SSSR count). The number of aryl methyl sites for hydroxylation is 1. The van der Waals surface area contributed by atoms with Crippen LogP contribution >= 0.6 is 11.3 Å². The van der Waals surface area contributed by atoms with Gasteiger partial charge in [-0.3, -0.25) is 9.69 Å². The molecule has 7 heteroatoms. The molecule has 6 nitrogen and oxygen atoms in total. The summed E-state index contributed by atoms with van der Waals surface area (Å²) in [5.74, 6) is -0.0667. The first-order valence-corrected chi connectivity index (χ1v) is 10.2. The third kappa shape index (κ3) is 3.73. The molecule has 0 radical (unpaired) electrons. The fraction of sp³-hybridized carbons (Fsp3) is 0.381. The number of amides is 2. The number of thiophene rings is 1. The van der Waals surface area contributed by atoms with Crippen molar-refractivity contribution in [2.45, 2.75) is 40.2 Å². The van der Waals surface area contributed by atoms with Crippen LogP contribution in [0.1, 0.15) is 41.8 Å². The minimum Gasteiger partial charge on any atom is -0.450 e. The molecule has 0 bridgehead atoms. The molecular formula is C21H23N3O3S. The number of carbonyl (C=O) groups is 2. The number of hydrogen-bond donors (Lipinski definition) is 0. The van der Waals surface area contributed by atoms with Gasteiger partial charge in [0.1, 0.15) is 11.1 Å². The Kier molecular flexibility index (Phi) is 6.00. The summed E-state index contributed by atoms with van der Waals surface area (Å²) in [5, 5.41) is 10.5. The van der Waals surface area contributed by atoms with Crippen molar-refractivity contribution in [1.82, 2.24) is 4.90 Å². The van der Waals surface area contributed by atoms with Crippen molar-refractivity contribution in [3.8, 4) is 6.07 Å². The van der Waals surface area contributed by atoms with Crippen LogP contribution in [0.25, 0.3) is 0 Å². The van der Waals surface area contributed by atoms with Gasteiger partial charge in [0.15, 0.2) is 0 Å². The van der Waals surface area contributed by atoms with E-state index in [2.05, 4.69) is 6.07 Å². The van der Waals surface area contributed by atoms with Crippen LogP contribution in [-0.4, -0.2) is 30.1 Å². The maximum Gasteiger partial charge on any atom is 0.410 e. The summed E-state index contributed by atoms with van der Waals surface area (Å²) < 4.78 is 5.11. The Balaban J connectivity index is 2.05. The average molecular weight is 398 g/mol. The molecule has 1 aliphatic heterocycles. The van der Waals surface area contributed by atoms with E-state index in [9.17, 15) is 14.9 Å². The molecule has 1 aromatic carbocycles. The lowest BCUT2D eigenvalue weighted by molar-refractivity contribution is -0.117.